The maximum absolute atomic E-state index is 12.6. The number of ether oxygens (including phenoxy) is 1. The van der Waals surface area contributed by atoms with E-state index in [9.17, 15) is 9.90 Å². The maximum Gasteiger partial charge on any atom is 0.244 e. The van der Waals surface area contributed by atoms with E-state index in [1.807, 2.05) is 11.8 Å². The van der Waals surface area contributed by atoms with Crippen LogP contribution in [-0.2, 0) is 16.1 Å². The predicted octanol–water partition coefficient (Wildman–Crippen LogP) is 1.38. The Morgan fingerprint density at radius 3 is 3.00 bits per heavy atom. The molecule has 1 aromatic heterocycles. The van der Waals surface area contributed by atoms with Gasteiger partial charge in [0.15, 0.2) is 0 Å². The number of carbonyl (C=O) groups excluding carboxylic acids is 1. The molecule has 6 nitrogen and oxygen atoms in total. The van der Waals surface area contributed by atoms with Gasteiger partial charge in [0.25, 0.3) is 0 Å². The van der Waals surface area contributed by atoms with Crippen LogP contribution in [0.2, 0.25) is 5.02 Å². The van der Waals surface area contributed by atoms with Gasteiger partial charge in [0, 0.05) is 19.9 Å². The summed E-state index contributed by atoms with van der Waals surface area (Å²) in [5.74, 6) is -0.00260. The zero-order valence-electron chi connectivity index (χ0n) is 13.0. The largest absolute Gasteiger partial charge is 0.393 e. The molecule has 3 rings (SSSR count). The number of aliphatic hydroxyl groups excluding tert-OH is 1. The molecule has 1 aromatic rings. The van der Waals surface area contributed by atoms with Crippen LogP contribution in [0.3, 0.4) is 0 Å². The fourth-order valence-electron chi connectivity index (χ4n) is 3.78. The van der Waals surface area contributed by atoms with Crippen molar-refractivity contribution in [3.8, 4) is 0 Å². The van der Waals surface area contributed by atoms with E-state index in [0.717, 1.165) is 25.0 Å². The number of likely N-dealkylation sites (tertiary alicyclic amines) is 1. The summed E-state index contributed by atoms with van der Waals surface area (Å²) in [4.78, 5) is 14.5. The lowest BCUT2D eigenvalue weighted by Crippen LogP contribution is -2.53. The van der Waals surface area contributed by atoms with Crippen LogP contribution < -0.4 is 0 Å². The normalized spacial score (nSPS) is 31.4. The van der Waals surface area contributed by atoms with Crippen LogP contribution in [-0.4, -0.2) is 57.1 Å². The SMILES string of the molecule is CO[C@@]12CC[C@@H](O)C[C@@H]1N(C(=O)Cn1cc(Cl)c(C)n1)CC2. The molecule has 1 aliphatic carbocycles. The van der Waals surface area contributed by atoms with E-state index < -0.39 is 0 Å². The Morgan fingerprint density at radius 1 is 1.59 bits per heavy atom. The molecule has 1 amide bonds. The van der Waals surface area contributed by atoms with Crippen LogP contribution >= 0.6 is 11.6 Å². The zero-order valence-corrected chi connectivity index (χ0v) is 13.7. The lowest BCUT2D eigenvalue weighted by molar-refractivity contribution is -0.140. The monoisotopic (exact) mass is 327 g/mol. The minimum absolute atomic E-state index is 0.00260. The quantitative estimate of drug-likeness (QED) is 0.910. The molecule has 2 aliphatic rings. The Bertz CT molecular complexity index is 557. The van der Waals surface area contributed by atoms with Crippen LogP contribution in [0.25, 0.3) is 0 Å². The van der Waals surface area contributed by atoms with E-state index >= 15 is 0 Å². The predicted molar refractivity (Wildman–Crippen MR) is 81.7 cm³/mol. The topological polar surface area (TPSA) is 67.6 Å². The molecule has 2 heterocycles. The lowest BCUT2D eigenvalue weighted by Gasteiger charge is -2.42. The van der Waals surface area contributed by atoms with Crippen molar-refractivity contribution in [1.29, 1.82) is 0 Å². The molecule has 1 saturated carbocycles. The van der Waals surface area contributed by atoms with Crippen molar-refractivity contribution < 1.29 is 14.6 Å². The van der Waals surface area contributed by atoms with Gasteiger partial charge < -0.3 is 14.7 Å². The van der Waals surface area contributed by atoms with Gasteiger partial charge in [0.1, 0.15) is 6.54 Å². The van der Waals surface area contributed by atoms with Crippen LogP contribution in [0.1, 0.15) is 31.4 Å². The standard InChI is InChI=1S/C15H22ClN3O3/c1-10-12(16)8-18(17-10)9-14(21)19-6-5-15(22-2)4-3-11(20)7-13(15)19/h8,11,13,20H,3-7,9H2,1-2H3/t11-,13+,15-/m1/s1. The molecule has 0 spiro atoms. The molecule has 0 unspecified atom stereocenters. The first-order valence-corrected chi connectivity index (χ1v) is 8.05. The first-order valence-electron chi connectivity index (χ1n) is 7.67. The Labute approximate surface area is 135 Å². The number of rotatable bonds is 3. The number of aryl methyl sites for hydroxylation is 1. The van der Waals surface area contributed by atoms with Crippen molar-refractivity contribution in [3.05, 3.63) is 16.9 Å². The zero-order chi connectivity index (χ0) is 15.9. The maximum atomic E-state index is 12.6. The highest BCUT2D eigenvalue weighted by Gasteiger charge is 2.52. The molecule has 122 valence electrons. The summed E-state index contributed by atoms with van der Waals surface area (Å²) in [5.41, 5.74) is 0.419. The number of hydrogen-bond acceptors (Lipinski definition) is 4. The molecule has 0 bridgehead atoms. The number of aliphatic hydroxyl groups is 1. The van der Waals surface area contributed by atoms with E-state index in [0.29, 0.717) is 18.0 Å². The fraction of sp³-hybridized carbons (Fsp3) is 0.733. The second kappa shape index (κ2) is 5.83. The molecule has 3 atom stereocenters. The van der Waals surface area contributed by atoms with Crippen LogP contribution in [0.15, 0.2) is 6.20 Å². The third-order valence-corrected chi connectivity index (χ3v) is 5.44. The van der Waals surface area contributed by atoms with Gasteiger partial charge in [0.05, 0.1) is 28.5 Å². The van der Waals surface area contributed by atoms with E-state index in [1.54, 1.807) is 18.0 Å². The first-order chi connectivity index (χ1) is 10.4. The summed E-state index contributed by atoms with van der Waals surface area (Å²) in [7, 11) is 1.70. The van der Waals surface area contributed by atoms with Gasteiger partial charge in [-0.05, 0) is 32.6 Å². The highest BCUT2D eigenvalue weighted by Crippen LogP contribution is 2.42. The molecule has 0 aromatic carbocycles. The Morgan fingerprint density at radius 2 is 2.36 bits per heavy atom. The number of aromatic nitrogens is 2. The molecule has 7 heteroatoms. The molecular weight excluding hydrogens is 306 g/mol. The molecular formula is C15H22ClN3O3. The number of amides is 1. The van der Waals surface area contributed by atoms with Crippen molar-refractivity contribution in [1.82, 2.24) is 14.7 Å². The average molecular weight is 328 g/mol. The van der Waals surface area contributed by atoms with Gasteiger partial charge in [-0.3, -0.25) is 9.48 Å². The Hall–Kier alpha value is -1.11. The molecule has 1 saturated heterocycles. The summed E-state index contributed by atoms with van der Waals surface area (Å²) in [6.45, 7) is 2.64. The second-order valence-corrected chi connectivity index (χ2v) is 6.72. The van der Waals surface area contributed by atoms with Gasteiger partial charge in [0.2, 0.25) is 5.91 Å². The van der Waals surface area contributed by atoms with E-state index in [4.69, 9.17) is 16.3 Å². The van der Waals surface area contributed by atoms with Gasteiger partial charge in [-0.25, -0.2) is 0 Å². The lowest BCUT2D eigenvalue weighted by atomic mass is 9.79. The number of carbonyl (C=O) groups is 1. The minimum Gasteiger partial charge on any atom is -0.393 e. The third-order valence-electron chi connectivity index (χ3n) is 5.07. The second-order valence-electron chi connectivity index (χ2n) is 6.31. The van der Waals surface area contributed by atoms with Crippen LogP contribution in [0.5, 0.6) is 0 Å². The molecule has 2 fully saturated rings. The van der Waals surface area contributed by atoms with Crippen molar-refractivity contribution in [2.75, 3.05) is 13.7 Å². The summed E-state index contributed by atoms with van der Waals surface area (Å²) in [6, 6.07) is -0.0547. The van der Waals surface area contributed by atoms with E-state index in [1.165, 1.54) is 0 Å². The number of hydrogen-bond donors (Lipinski definition) is 1. The van der Waals surface area contributed by atoms with E-state index in [2.05, 4.69) is 5.10 Å². The third kappa shape index (κ3) is 2.64. The molecule has 1 N–H and O–H groups in total. The van der Waals surface area contributed by atoms with Gasteiger partial charge in [-0.2, -0.15) is 5.10 Å². The number of methoxy groups -OCH3 is 1. The summed E-state index contributed by atoms with van der Waals surface area (Å²) >= 11 is 5.99. The van der Waals surface area contributed by atoms with Crippen molar-refractivity contribution in [2.45, 2.75) is 56.9 Å². The highest BCUT2D eigenvalue weighted by atomic mass is 35.5. The highest BCUT2D eigenvalue weighted by molar-refractivity contribution is 6.31. The van der Waals surface area contributed by atoms with Crippen molar-refractivity contribution in [2.24, 2.45) is 0 Å². The summed E-state index contributed by atoms with van der Waals surface area (Å²) < 4.78 is 7.33. The first kappa shape index (κ1) is 15.8. The van der Waals surface area contributed by atoms with Crippen LogP contribution in [0, 0.1) is 6.92 Å². The smallest absolute Gasteiger partial charge is 0.244 e. The van der Waals surface area contributed by atoms with Crippen molar-refractivity contribution in [3.63, 3.8) is 0 Å². The number of fused-ring (bicyclic) bond motifs is 1. The summed E-state index contributed by atoms with van der Waals surface area (Å²) in [5, 5.41) is 14.8. The van der Waals surface area contributed by atoms with Crippen molar-refractivity contribution >= 4 is 17.5 Å². The van der Waals surface area contributed by atoms with Gasteiger partial charge in [-0.15, -0.1) is 0 Å². The fourth-order valence-corrected chi connectivity index (χ4v) is 3.93. The average Bonchev–Trinajstić information content (AvgIpc) is 3.00. The number of nitrogens with zero attached hydrogens (tertiary/aromatic N) is 3. The van der Waals surface area contributed by atoms with Crippen LogP contribution in [0.4, 0.5) is 0 Å². The molecule has 0 radical (unpaired) electrons. The number of halogens is 1. The Kier molecular flexibility index (Phi) is 4.18. The minimum atomic E-state index is -0.358. The van der Waals surface area contributed by atoms with Gasteiger partial charge in [-0.1, -0.05) is 11.6 Å². The Balaban J connectivity index is 1.75. The summed E-state index contributed by atoms with van der Waals surface area (Å²) in [6.07, 6.45) is 4.25. The molecule has 1 aliphatic heterocycles. The van der Waals surface area contributed by atoms with Gasteiger partial charge >= 0.3 is 0 Å². The molecule has 22 heavy (non-hydrogen) atoms. The van der Waals surface area contributed by atoms with E-state index in [-0.39, 0.29) is 30.2 Å².